The van der Waals surface area contributed by atoms with E-state index in [0.29, 0.717) is 12.5 Å². The monoisotopic (exact) mass is 322 g/mol. The van der Waals surface area contributed by atoms with Crippen LogP contribution in [0.3, 0.4) is 0 Å². The molecule has 1 atom stereocenters. The van der Waals surface area contributed by atoms with Gasteiger partial charge in [-0.15, -0.1) is 0 Å². The van der Waals surface area contributed by atoms with E-state index >= 15 is 0 Å². The second-order valence-electron chi connectivity index (χ2n) is 6.67. The third-order valence-corrected chi connectivity index (χ3v) is 4.96. The van der Waals surface area contributed by atoms with Gasteiger partial charge in [0.15, 0.2) is 0 Å². The Bertz CT molecular complexity index is 710. The minimum Gasteiger partial charge on any atom is -0.325 e. The van der Waals surface area contributed by atoms with Gasteiger partial charge in [-0.25, -0.2) is 0 Å². The Labute approximate surface area is 144 Å². The van der Waals surface area contributed by atoms with Gasteiger partial charge in [0, 0.05) is 18.8 Å². The van der Waals surface area contributed by atoms with Crippen LogP contribution in [-0.2, 0) is 17.8 Å². The quantitative estimate of drug-likeness (QED) is 0.895. The first-order valence-electron chi connectivity index (χ1n) is 8.85. The largest absolute Gasteiger partial charge is 0.325 e. The Morgan fingerprint density at radius 3 is 2.62 bits per heavy atom. The number of rotatable bonds is 5. The molecule has 0 saturated carbocycles. The molecule has 0 saturated heterocycles. The van der Waals surface area contributed by atoms with Crippen molar-refractivity contribution in [2.24, 2.45) is 0 Å². The van der Waals surface area contributed by atoms with Gasteiger partial charge in [-0.1, -0.05) is 56.3 Å². The predicted molar refractivity (Wildman–Crippen MR) is 99.2 cm³/mol. The molecule has 1 N–H and O–H groups in total. The molecule has 0 spiro atoms. The summed E-state index contributed by atoms with van der Waals surface area (Å²) in [5.74, 6) is 0.522. The van der Waals surface area contributed by atoms with Crippen LogP contribution in [0.15, 0.2) is 48.5 Å². The zero-order chi connectivity index (χ0) is 16.9. The van der Waals surface area contributed by atoms with Gasteiger partial charge in [0.2, 0.25) is 5.91 Å². The molecule has 0 radical (unpaired) electrons. The molecule has 1 aliphatic rings. The summed E-state index contributed by atoms with van der Waals surface area (Å²) in [5, 5.41) is 3.12. The highest BCUT2D eigenvalue weighted by molar-refractivity contribution is 5.93. The fraction of sp³-hybridized carbons (Fsp3) is 0.381. The molecule has 0 unspecified atom stereocenters. The van der Waals surface area contributed by atoms with Gasteiger partial charge in [-0.3, -0.25) is 9.69 Å². The summed E-state index contributed by atoms with van der Waals surface area (Å²) < 4.78 is 0. The second kappa shape index (κ2) is 7.63. The molecule has 3 heteroatoms. The maximum atomic E-state index is 12.5. The number of amides is 1. The van der Waals surface area contributed by atoms with Gasteiger partial charge in [0.25, 0.3) is 0 Å². The lowest BCUT2D eigenvalue weighted by Crippen LogP contribution is -2.37. The summed E-state index contributed by atoms with van der Waals surface area (Å²) in [4.78, 5) is 14.7. The lowest BCUT2D eigenvalue weighted by Gasteiger charge is -2.28. The van der Waals surface area contributed by atoms with Crippen LogP contribution in [0.2, 0.25) is 0 Å². The number of benzene rings is 2. The Kier molecular flexibility index (Phi) is 5.31. The van der Waals surface area contributed by atoms with Crippen LogP contribution in [0.1, 0.15) is 42.9 Å². The molecule has 0 bridgehead atoms. The van der Waals surface area contributed by atoms with E-state index in [0.717, 1.165) is 31.6 Å². The number of carbonyl (C=O) groups excluding carboxylic acids is 1. The Morgan fingerprint density at radius 1 is 1.12 bits per heavy atom. The van der Waals surface area contributed by atoms with Gasteiger partial charge in [-0.05, 0) is 41.5 Å². The number of nitrogens with zero attached hydrogens (tertiary/aromatic N) is 1. The summed E-state index contributed by atoms with van der Waals surface area (Å²) in [6, 6.07) is 16.7. The normalized spacial score (nSPS) is 15.6. The van der Waals surface area contributed by atoms with E-state index in [4.69, 9.17) is 0 Å². The van der Waals surface area contributed by atoms with Crippen LogP contribution in [0.4, 0.5) is 5.69 Å². The summed E-state index contributed by atoms with van der Waals surface area (Å²) in [5.41, 5.74) is 4.93. The Balaban J connectivity index is 1.63. The molecule has 2 aromatic carbocycles. The first kappa shape index (κ1) is 16.7. The molecule has 2 aromatic rings. The van der Waals surface area contributed by atoms with Crippen molar-refractivity contribution in [2.45, 2.75) is 39.2 Å². The van der Waals surface area contributed by atoms with Crippen LogP contribution in [0.5, 0.6) is 0 Å². The van der Waals surface area contributed by atoms with Gasteiger partial charge in [-0.2, -0.15) is 0 Å². The second-order valence-corrected chi connectivity index (χ2v) is 6.67. The SMILES string of the molecule is CC[C@H](C)c1ccccc1NC(=O)CN1CCc2ccccc2C1. The average Bonchev–Trinajstić information content (AvgIpc) is 2.61. The van der Waals surface area contributed by atoms with Crippen molar-refractivity contribution in [1.82, 2.24) is 4.90 Å². The molecule has 0 aliphatic carbocycles. The van der Waals surface area contributed by atoms with Crippen molar-refractivity contribution in [2.75, 3.05) is 18.4 Å². The topological polar surface area (TPSA) is 32.3 Å². The molecular formula is C21H26N2O. The number of fused-ring (bicyclic) bond motifs is 1. The lowest BCUT2D eigenvalue weighted by molar-refractivity contribution is -0.117. The summed E-state index contributed by atoms with van der Waals surface area (Å²) in [6.45, 7) is 6.62. The van der Waals surface area contributed by atoms with E-state index in [1.807, 2.05) is 18.2 Å². The molecular weight excluding hydrogens is 296 g/mol. The minimum atomic E-state index is 0.0742. The maximum absolute atomic E-state index is 12.5. The van der Waals surface area contributed by atoms with Crippen molar-refractivity contribution < 1.29 is 4.79 Å². The molecule has 0 fully saturated rings. The zero-order valence-corrected chi connectivity index (χ0v) is 14.6. The standard InChI is InChI=1S/C21H26N2O/c1-3-16(2)19-10-6-7-11-20(19)22-21(24)15-23-13-12-17-8-4-5-9-18(17)14-23/h4-11,16H,3,12-15H2,1-2H3,(H,22,24)/t16-/m0/s1. The highest BCUT2D eigenvalue weighted by Gasteiger charge is 2.19. The van der Waals surface area contributed by atoms with Gasteiger partial charge in [0.05, 0.1) is 6.54 Å². The van der Waals surface area contributed by atoms with E-state index < -0.39 is 0 Å². The van der Waals surface area contributed by atoms with Crippen molar-refractivity contribution in [1.29, 1.82) is 0 Å². The van der Waals surface area contributed by atoms with E-state index in [9.17, 15) is 4.79 Å². The number of hydrogen-bond acceptors (Lipinski definition) is 2. The third kappa shape index (κ3) is 3.85. The van der Waals surface area contributed by atoms with Crippen molar-refractivity contribution >= 4 is 11.6 Å². The minimum absolute atomic E-state index is 0.0742. The zero-order valence-electron chi connectivity index (χ0n) is 14.6. The molecule has 3 nitrogen and oxygen atoms in total. The number of nitrogens with one attached hydrogen (secondary N) is 1. The molecule has 1 aliphatic heterocycles. The van der Waals surface area contributed by atoms with E-state index in [1.165, 1.54) is 16.7 Å². The molecule has 1 heterocycles. The number of para-hydroxylation sites is 1. The van der Waals surface area contributed by atoms with Gasteiger partial charge < -0.3 is 5.32 Å². The van der Waals surface area contributed by atoms with Crippen molar-refractivity contribution in [3.63, 3.8) is 0 Å². The molecule has 24 heavy (non-hydrogen) atoms. The number of anilines is 1. The van der Waals surface area contributed by atoms with Crippen LogP contribution >= 0.6 is 0 Å². The van der Waals surface area contributed by atoms with E-state index in [-0.39, 0.29) is 5.91 Å². The summed E-state index contributed by atoms with van der Waals surface area (Å²) >= 11 is 0. The van der Waals surface area contributed by atoms with Crippen LogP contribution in [0.25, 0.3) is 0 Å². The maximum Gasteiger partial charge on any atom is 0.238 e. The highest BCUT2D eigenvalue weighted by atomic mass is 16.2. The smallest absolute Gasteiger partial charge is 0.238 e. The van der Waals surface area contributed by atoms with Crippen LogP contribution in [0, 0.1) is 0 Å². The predicted octanol–water partition coefficient (Wildman–Crippen LogP) is 4.20. The average molecular weight is 322 g/mol. The fourth-order valence-corrected chi connectivity index (χ4v) is 3.34. The first-order valence-corrected chi connectivity index (χ1v) is 8.85. The third-order valence-electron chi connectivity index (χ3n) is 4.96. The molecule has 3 rings (SSSR count). The van der Waals surface area contributed by atoms with E-state index in [2.05, 4.69) is 54.4 Å². The van der Waals surface area contributed by atoms with Gasteiger partial charge >= 0.3 is 0 Å². The van der Waals surface area contributed by atoms with Crippen LogP contribution < -0.4 is 5.32 Å². The molecule has 1 amide bonds. The lowest BCUT2D eigenvalue weighted by atomic mass is 9.97. The molecule has 0 aromatic heterocycles. The summed E-state index contributed by atoms with van der Waals surface area (Å²) in [7, 11) is 0. The summed E-state index contributed by atoms with van der Waals surface area (Å²) in [6.07, 6.45) is 2.09. The Hall–Kier alpha value is -2.13. The van der Waals surface area contributed by atoms with E-state index in [1.54, 1.807) is 0 Å². The Morgan fingerprint density at radius 2 is 1.83 bits per heavy atom. The van der Waals surface area contributed by atoms with Crippen molar-refractivity contribution in [3.05, 3.63) is 65.2 Å². The van der Waals surface area contributed by atoms with Crippen LogP contribution in [-0.4, -0.2) is 23.9 Å². The van der Waals surface area contributed by atoms with Gasteiger partial charge in [0.1, 0.15) is 0 Å². The number of hydrogen-bond donors (Lipinski definition) is 1. The molecule has 126 valence electrons. The first-order chi connectivity index (χ1) is 11.7. The number of carbonyl (C=O) groups is 1. The highest BCUT2D eigenvalue weighted by Crippen LogP contribution is 2.26. The van der Waals surface area contributed by atoms with Crippen molar-refractivity contribution in [3.8, 4) is 0 Å². The fourth-order valence-electron chi connectivity index (χ4n) is 3.34.